The van der Waals surface area contributed by atoms with E-state index in [2.05, 4.69) is 20.9 Å². The van der Waals surface area contributed by atoms with Crippen molar-refractivity contribution >= 4 is 15.9 Å². The van der Waals surface area contributed by atoms with Gasteiger partial charge in [-0.1, -0.05) is 6.92 Å². The molecule has 1 aromatic rings. The summed E-state index contributed by atoms with van der Waals surface area (Å²) in [5, 5.41) is 9.55. The summed E-state index contributed by atoms with van der Waals surface area (Å²) in [6.07, 6.45) is 2.06. The van der Waals surface area contributed by atoms with E-state index in [0.29, 0.717) is 0 Å². The van der Waals surface area contributed by atoms with E-state index in [1.165, 1.54) is 0 Å². The van der Waals surface area contributed by atoms with Crippen LogP contribution in [0.25, 0.3) is 0 Å². The van der Waals surface area contributed by atoms with Gasteiger partial charge < -0.3 is 5.11 Å². The molecule has 0 fully saturated rings. The number of pyridine rings is 1. The largest absolute Gasteiger partial charge is 0.388 e. The standard InChI is InChI=1S/C9H12BrNO/c1-3-8(12)7-5-11-9(10)4-6(7)2/h4-5,8,12H,3H2,1-2H3/t8-/m0/s1. The Hall–Kier alpha value is -0.410. The lowest BCUT2D eigenvalue weighted by molar-refractivity contribution is 0.172. The molecular formula is C9H12BrNO. The first-order chi connectivity index (χ1) is 5.65. The van der Waals surface area contributed by atoms with Crippen LogP contribution in [0.2, 0.25) is 0 Å². The summed E-state index contributed by atoms with van der Waals surface area (Å²) in [6.45, 7) is 3.92. The van der Waals surface area contributed by atoms with Gasteiger partial charge in [0.05, 0.1) is 6.10 Å². The van der Waals surface area contributed by atoms with Gasteiger partial charge in [-0.2, -0.15) is 0 Å². The Bertz CT molecular complexity index is 275. The van der Waals surface area contributed by atoms with Crippen LogP contribution in [0.4, 0.5) is 0 Å². The van der Waals surface area contributed by atoms with Crippen LogP contribution in [0.5, 0.6) is 0 Å². The minimum absolute atomic E-state index is 0.384. The molecule has 0 unspecified atom stereocenters. The van der Waals surface area contributed by atoms with Crippen LogP contribution in [0.1, 0.15) is 30.6 Å². The third-order valence-electron chi connectivity index (χ3n) is 1.86. The van der Waals surface area contributed by atoms with Crippen LogP contribution < -0.4 is 0 Å². The first-order valence-electron chi connectivity index (χ1n) is 3.95. The van der Waals surface area contributed by atoms with Gasteiger partial charge in [-0.15, -0.1) is 0 Å². The smallest absolute Gasteiger partial charge is 0.106 e. The van der Waals surface area contributed by atoms with Gasteiger partial charge in [-0.3, -0.25) is 0 Å². The normalized spacial score (nSPS) is 13.0. The maximum Gasteiger partial charge on any atom is 0.106 e. The van der Waals surface area contributed by atoms with E-state index in [1.54, 1.807) is 6.20 Å². The van der Waals surface area contributed by atoms with E-state index in [0.717, 1.165) is 22.2 Å². The van der Waals surface area contributed by atoms with Crippen molar-refractivity contribution in [2.24, 2.45) is 0 Å². The zero-order valence-electron chi connectivity index (χ0n) is 7.21. The third kappa shape index (κ3) is 2.05. The zero-order chi connectivity index (χ0) is 9.14. The molecule has 0 aliphatic heterocycles. The van der Waals surface area contributed by atoms with Gasteiger partial charge in [0, 0.05) is 11.8 Å². The van der Waals surface area contributed by atoms with Crippen molar-refractivity contribution in [1.29, 1.82) is 0 Å². The molecule has 0 aliphatic rings. The summed E-state index contributed by atoms with van der Waals surface area (Å²) < 4.78 is 0.812. The molecule has 0 spiro atoms. The Kier molecular flexibility index (Phi) is 3.23. The maximum absolute atomic E-state index is 9.55. The van der Waals surface area contributed by atoms with Crippen molar-refractivity contribution in [3.05, 3.63) is 28.0 Å². The van der Waals surface area contributed by atoms with Crippen molar-refractivity contribution in [3.8, 4) is 0 Å². The fourth-order valence-corrected chi connectivity index (χ4v) is 1.55. The van der Waals surface area contributed by atoms with Crippen LogP contribution >= 0.6 is 15.9 Å². The molecule has 0 saturated carbocycles. The number of nitrogens with zero attached hydrogens (tertiary/aromatic N) is 1. The summed E-state index contributed by atoms with van der Waals surface area (Å²) in [5.74, 6) is 0. The van der Waals surface area contributed by atoms with Gasteiger partial charge in [0.15, 0.2) is 0 Å². The Morgan fingerprint density at radius 1 is 1.67 bits per heavy atom. The Balaban J connectivity index is 3.01. The third-order valence-corrected chi connectivity index (χ3v) is 2.30. The molecule has 12 heavy (non-hydrogen) atoms. The van der Waals surface area contributed by atoms with E-state index in [4.69, 9.17) is 0 Å². The molecule has 1 aromatic heterocycles. The lowest BCUT2D eigenvalue weighted by Gasteiger charge is -2.10. The van der Waals surface area contributed by atoms with Crippen molar-refractivity contribution in [2.75, 3.05) is 0 Å². The second kappa shape index (κ2) is 4.01. The molecule has 0 aromatic carbocycles. The molecule has 0 radical (unpaired) electrons. The Morgan fingerprint density at radius 3 is 2.83 bits per heavy atom. The summed E-state index contributed by atoms with van der Waals surface area (Å²) in [5.41, 5.74) is 1.99. The van der Waals surface area contributed by atoms with Crippen LogP contribution in [-0.2, 0) is 0 Å². The predicted molar refractivity (Wildman–Crippen MR) is 51.9 cm³/mol. The highest BCUT2D eigenvalue weighted by Crippen LogP contribution is 2.21. The van der Waals surface area contributed by atoms with Crippen molar-refractivity contribution in [3.63, 3.8) is 0 Å². The summed E-state index contributed by atoms with van der Waals surface area (Å²) in [4.78, 5) is 4.07. The molecule has 1 atom stereocenters. The lowest BCUT2D eigenvalue weighted by atomic mass is 10.1. The van der Waals surface area contributed by atoms with Gasteiger partial charge in [-0.05, 0) is 40.9 Å². The van der Waals surface area contributed by atoms with E-state index < -0.39 is 0 Å². The van der Waals surface area contributed by atoms with E-state index in [9.17, 15) is 5.11 Å². The summed E-state index contributed by atoms with van der Waals surface area (Å²) in [7, 11) is 0. The number of aliphatic hydroxyl groups excluding tert-OH is 1. The topological polar surface area (TPSA) is 33.1 Å². The van der Waals surface area contributed by atoms with E-state index in [-0.39, 0.29) is 6.10 Å². The first kappa shape index (κ1) is 9.68. The molecule has 1 heterocycles. The first-order valence-corrected chi connectivity index (χ1v) is 4.74. The molecule has 66 valence electrons. The van der Waals surface area contributed by atoms with Gasteiger partial charge in [0.2, 0.25) is 0 Å². The molecule has 0 saturated heterocycles. The zero-order valence-corrected chi connectivity index (χ0v) is 8.80. The molecule has 3 heteroatoms. The van der Waals surface area contributed by atoms with Crippen molar-refractivity contribution in [2.45, 2.75) is 26.4 Å². The van der Waals surface area contributed by atoms with Crippen LogP contribution in [0, 0.1) is 6.92 Å². The minimum atomic E-state index is -0.384. The Morgan fingerprint density at radius 2 is 2.33 bits per heavy atom. The van der Waals surface area contributed by atoms with Gasteiger partial charge in [0.1, 0.15) is 4.60 Å². The van der Waals surface area contributed by atoms with Crippen molar-refractivity contribution < 1.29 is 5.11 Å². The number of aryl methyl sites for hydroxylation is 1. The van der Waals surface area contributed by atoms with Crippen LogP contribution in [-0.4, -0.2) is 10.1 Å². The van der Waals surface area contributed by atoms with Crippen LogP contribution in [0.3, 0.4) is 0 Å². The monoisotopic (exact) mass is 229 g/mol. The molecule has 1 rings (SSSR count). The quantitative estimate of drug-likeness (QED) is 0.792. The number of aliphatic hydroxyl groups is 1. The Labute approximate surface area is 80.8 Å². The van der Waals surface area contributed by atoms with Gasteiger partial charge in [0.25, 0.3) is 0 Å². The number of rotatable bonds is 2. The average Bonchev–Trinajstić information content (AvgIpc) is 2.03. The van der Waals surface area contributed by atoms with E-state index in [1.807, 2.05) is 19.9 Å². The van der Waals surface area contributed by atoms with Gasteiger partial charge >= 0.3 is 0 Å². The molecule has 0 amide bonds. The number of aromatic nitrogens is 1. The molecule has 0 bridgehead atoms. The number of halogens is 1. The minimum Gasteiger partial charge on any atom is -0.388 e. The van der Waals surface area contributed by atoms with E-state index >= 15 is 0 Å². The highest BCUT2D eigenvalue weighted by Gasteiger charge is 2.08. The fraction of sp³-hybridized carbons (Fsp3) is 0.444. The fourth-order valence-electron chi connectivity index (χ4n) is 1.10. The number of hydrogen-bond donors (Lipinski definition) is 1. The second-order valence-corrected chi connectivity index (χ2v) is 3.60. The van der Waals surface area contributed by atoms with Gasteiger partial charge in [-0.25, -0.2) is 4.98 Å². The average molecular weight is 230 g/mol. The highest BCUT2D eigenvalue weighted by molar-refractivity contribution is 9.10. The summed E-state index contributed by atoms with van der Waals surface area (Å²) in [6, 6.07) is 1.91. The SMILES string of the molecule is CC[C@H](O)c1cnc(Br)cc1C. The molecule has 1 N–H and O–H groups in total. The summed E-state index contributed by atoms with van der Waals surface area (Å²) >= 11 is 3.27. The molecule has 0 aliphatic carbocycles. The van der Waals surface area contributed by atoms with Crippen LogP contribution in [0.15, 0.2) is 16.9 Å². The molecule has 2 nitrogen and oxygen atoms in total. The maximum atomic E-state index is 9.55. The van der Waals surface area contributed by atoms with Crippen molar-refractivity contribution in [1.82, 2.24) is 4.98 Å². The number of hydrogen-bond acceptors (Lipinski definition) is 2. The predicted octanol–water partition coefficient (Wildman–Crippen LogP) is 2.60. The molecular weight excluding hydrogens is 218 g/mol. The highest BCUT2D eigenvalue weighted by atomic mass is 79.9. The second-order valence-electron chi connectivity index (χ2n) is 2.79. The lowest BCUT2D eigenvalue weighted by Crippen LogP contribution is -1.99.